The lowest BCUT2D eigenvalue weighted by Crippen LogP contribution is -2.33. The molecule has 2 saturated heterocycles. The first-order valence-corrected chi connectivity index (χ1v) is 23.4. The van der Waals surface area contributed by atoms with Crippen molar-refractivity contribution in [1.82, 2.24) is 39.0 Å². The van der Waals surface area contributed by atoms with E-state index >= 15 is 0 Å². The number of imidazole rings is 2. The molecule has 26 nitrogen and oxygen atoms in total. The zero-order chi connectivity index (χ0) is 38.7. The number of nitrogens with two attached hydrogens (primary N) is 2. The van der Waals surface area contributed by atoms with Gasteiger partial charge in [0, 0.05) is 0 Å². The first-order chi connectivity index (χ1) is 24.7. The summed E-state index contributed by atoms with van der Waals surface area (Å²) in [7, 11) is -10.8. The molecule has 4 aromatic rings. The molecule has 0 aromatic carbocycles. The summed E-state index contributed by atoms with van der Waals surface area (Å²) in [6, 6.07) is 0. The molecular weight excluding hydrogens is 836 g/mol. The van der Waals surface area contributed by atoms with Crippen LogP contribution in [-0.4, -0.2) is 130 Å². The van der Waals surface area contributed by atoms with E-state index in [2.05, 4.69) is 50.8 Å². The van der Waals surface area contributed by atoms with E-state index in [0.717, 1.165) is 12.7 Å². The Labute approximate surface area is 306 Å². The predicted molar refractivity (Wildman–Crippen MR) is 183 cm³/mol. The van der Waals surface area contributed by atoms with E-state index in [1.54, 1.807) is 0 Å². The third-order valence-corrected chi connectivity index (χ3v) is 17.0. The summed E-state index contributed by atoms with van der Waals surface area (Å²) < 4.78 is 71.1. The zero-order valence-corrected chi connectivity index (χ0v) is 31.5. The van der Waals surface area contributed by atoms with Crippen LogP contribution in [0.15, 0.2) is 25.3 Å². The fourth-order valence-corrected chi connectivity index (χ4v) is 14.4. The molecule has 32 heteroatoms. The molecule has 2 aliphatic heterocycles. The molecule has 0 radical (unpaired) electrons. The van der Waals surface area contributed by atoms with Gasteiger partial charge < -0.3 is 60.6 Å². The Balaban J connectivity index is 1.01. The maximum Gasteiger partial charge on any atom is 0.393 e. The number of aliphatic hydroxyl groups excluding tert-OH is 4. The van der Waals surface area contributed by atoms with Crippen LogP contribution in [0.5, 0.6) is 0 Å². The number of anilines is 2. The molecule has 0 amide bonds. The Morgan fingerprint density at radius 2 is 1.15 bits per heavy atom. The molecule has 0 aliphatic carbocycles. The highest BCUT2D eigenvalue weighted by atomic mass is 32.7. The molecule has 4 unspecified atom stereocenters. The summed E-state index contributed by atoms with van der Waals surface area (Å²) >= 11 is 8.33. The molecule has 12 atom stereocenters. The zero-order valence-electron chi connectivity index (χ0n) is 26.2. The number of ether oxygens (including phenoxy) is 2. The second-order valence-electron chi connectivity index (χ2n) is 11.4. The molecule has 0 bridgehead atoms. The van der Waals surface area contributed by atoms with Crippen LogP contribution in [-0.2, 0) is 52.6 Å². The maximum absolute atomic E-state index is 12.8. The Kier molecular flexibility index (Phi) is 11.5. The van der Waals surface area contributed by atoms with Crippen molar-refractivity contribution in [2.24, 2.45) is 0 Å². The monoisotopic (exact) mass is 866 g/mol. The first-order valence-electron chi connectivity index (χ1n) is 14.6. The SMILES string of the molecule is Nc1ncnc2c1ncn2[C@@H]1O[C@H](COP(=O)(S)OP(=O)(O)CP(=O)(O)OP(O)(=S)OC[C@H]2O[C@@H](n3cnc4c(N)ncnc43)[C@H](O)[C@@H]2O)[C@@H](O)[C@H]1O. The number of rotatable bonds is 14. The topological polar surface area (TPSA) is 387 Å². The Bertz CT molecular complexity index is 2050. The van der Waals surface area contributed by atoms with Crippen molar-refractivity contribution < 1.29 is 75.9 Å². The third-order valence-electron chi connectivity index (χ3n) is 7.62. The Morgan fingerprint density at radius 3 is 1.62 bits per heavy atom. The number of aliphatic hydroxyl groups is 4. The lowest BCUT2D eigenvalue weighted by atomic mass is 10.1. The van der Waals surface area contributed by atoms with Crippen molar-refractivity contribution >= 4 is 86.7 Å². The summed E-state index contributed by atoms with van der Waals surface area (Å²) in [5.74, 6) is -1.74. The van der Waals surface area contributed by atoms with Crippen molar-refractivity contribution in [3.63, 3.8) is 0 Å². The number of thiol groups is 1. The van der Waals surface area contributed by atoms with Crippen LogP contribution in [0.2, 0.25) is 0 Å². The van der Waals surface area contributed by atoms with Crippen molar-refractivity contribution in [3.8, 4) is 0 Å². The smallest absolute Gasteiger partial charge is 0.387 e. The van der Waals surface area contributed by atoms with Gasteiger partial charge in [0.1, 0.15) is 60.3 Å². The summed E-state index contributed by atoms with van der Waals surface area (Å²) in [6.07, 6.45) is -7.27. The highest BCUT2D eigenvalue weighted by Crippen LogP contribution is 2.72. The largest absolute Gasteiger partial charge is 0.393 e. The summed E-state index contributed by atoms with van der Waals surface area (Å²) in [6.45, 7) is -11.3. The Morgan fingerprint density at radius 1 is 0.717 bits per heavy atom. The minimum absolute atomic E-state index is 0.0321. The van der Waals surface area contributed by atoms with Crippen LogP contribution < -0.4 is 11.5 Å². The van der Waals surface area contributed by atoms with Crippen molar-refractivity contribution in [3.05, 3.63) is 25.3 Å². The standard InChI is InChI=1S/C21H30N10O16P4S2/c22-16-10-18(26-3-24-16)30(5-28-10)20-14(34)12(32)8(44-20)1-42-50(40,52)46-48(36,37)7-49(38,39)47-51(41,53)43-2-9-13(33)15(35)21(45-9)31-6-29-11-17(23)25-4-27-19(11)31/h3-6,8-9,12-15,20-21,32-35H,1-2,7H2,(H,36,37)(H,38,39)(H,40,52)(H,41,53)(H2,22,24,26)(H2,23,25,27)/t8-,9-,12-,13-,14-,15-,20-,21-,50?,51?/m1/s1. The van der Waals surface area contributed by atoms with Gasteiger partial charge in [-0.1, -0.05) is 12.2 Å². The number of nitrogen functional groups attached to an aromatic ring is 2. The number of fused-ring (bicyclic) bond motifs is 2. The average Bonchev–Trinajstić information content (AvgIpc) is 3.80. The summed E-state index contributed by atoms with van der Waals surface area (Å²) in [4.78, 5) is 54.7. The fraction of sp³-hybridized carbons (Fsp3) is 0.524. The molecule has 2 aliphatic rings. The normalized spacial score (nSPS) is 30.9. The Hall–Kier alpha value is -2.13. The molecule has 0 saturated carbocycles. The quantitative estimate of drug-likeness (QED) is 0.0521. The average molecular weight is 867 g/mol. The second kappa shape index (κ2) is 15.1. The van der Waals surface area contributed by atoms with E-state index in [1.807, 2.05) is 0 Å². The highest BCUT2D eigenvalue weighted by Gasteiger charge is 2.48. The van der Waals surface area contributed by atoms with Crippen LogP contribution in [0, 0.1) is 0 Å². The van der Waals surface area contributed by atoms with E-state index in [4.69, 9.17) is 41.8 Å². The first kappa shape index (κ1) is 40.5. The van der Waals surface area contributed by atoms with Gasteiger partial charge in [0.2, 0.25) is 0 Å². The van der Waals surface area contributed by atoms with E-state index in [1.165, 1.54) is 21.8 Å². The fourth-order valence-electron chi connectivity index (χ4n) is 5.29. The van der Waals surface area contributed by atoms with Gasteiger partial charge in [-0.05, 0) is 11.8 Å². The van der Waals surface area contributed by atoms with E-state index in [0.29, 0.717) is 0 Å². The van der Waals surface area contributed by atoms with E-state index in [9.17, 15) is 48.8 Å². The van der Waals surface area contributed by atoms with Crippen molar-refractivity contribution in [2.75, 3.05) is 30.6 Å². The molecule has 4 aromatic heterocycles. The van der Waals surface area contributed by atoms with Crippen LogP contribution in [0.1, 0.15) is 12.5 Å². The lowest BCUT2D eigenvalue weighted by molar-refractivity contribution is -0.0485. The molecule has 6 heterocycles. The van der Waals surface area contributed by atoms with E-state index in [-0.39, 0.29) is 34.0 Å². The third kappa shape index (κ3) is 8.81. The van der Waals surface area contributed by atoms with Crippen LogP contribution in [0.25, 0.3) is 22.3 Å². The minimum Gasteiger partial charge on any atom is -0.387 e. The molecule has 2 fully saturated rings. The molecule has 0 spiro atoms. The number of hydrogen-bond donors (Lipinski definition) is 10. The van der Waals surface area contributed by atoms with Gasteiger partial charge in [0.05, 0.1) is 25.9 Å². The van der Waals surface area contributed by atoms with Gasteiger partial charge in [0.25, 0.3) is 0 Å². The highest BCUT2D eigenvalue weighted by molar-refractivity contribution is 8.45. The minimum atomic E-state index is -5.43. The summed E-state index contributed by atoms with van der Waals surface area (Å²) in [5, 5.41) is 42.2. The van der Waals surface area contributed by atoms with Gasteiger partial charge >= 0.3 is 28.7 Å². The van der Waals surface area contributed by atoms with Crippen LogP contribution in [0.3, 0.4) is 0 Å². The van der Waals surface area contributed by atoms with Crippen molar-refractivity contribution in [2.45, 2.75) is 49.1 Å². The van der Waals surface area contributed by atoms with Crippen LogP contribution >= 0.6 is 41.0 Å². The van der Waals surface area contributed by atoms with Gasteiger partial charge in [-0.25, -0.2) is 43.1 Å². The molecule has 53 heavy (non-hydrogen) atoms. The number of hydrogen-bond acceptors (Lipinski definition) is 22. The second-order valence-corrected chi connectivity index (χ2v) is 21.6. The number of nitrogens with zero attached hydrogens (tertiary/aromatic N) is 8. The van der Waals surface area contributed by atoms with Crippen molar-refractivity contribution in [1.29, 1.82) is 0 Å². The predicted octanol–water partition coefficient (Wildman–Crippen LogP) is -1.28. The molecule has 292 valence electrons. The molecular formula is C21H30N10O16P4S2. The molecule has 6 rings (SSSR count). The molecule has 11 N–H and O–H groups in total. The lowest BCUT2D eigenvalue weighted by Gasteiger charge is -2.24. The van der Waals surface area contributed by atoms with Gasteiger partial charge in [-0.15, -0.1) is 0 Å². The van der Waals surface area contributed by atoms with Crippen LogP contribution in [0.4, 0.5) is 11.6 Å². The van der Waals surface area contributed by atoms with Gasteiger partial charge in [-0.3, -0.25) is 22.8 Å². The van der Waals surface area contributed by atoms with Gasteiger partial charge in [-0.2, -0.15) is 0 Å². The van der Waals surface area contributed by atoms with Gasteiger partial charge in [0.15, 0.2) is 41.3 Å². The maximum atomic E-state index is 12.8. The van der Waals surface area contributed by atoms with E-state index < -0.39 is 96.9 Å². The number of aromatic nitrogens is 8. The summed E-state index contributed by atoms with van der Waals surface area (Å²) in [5.41, 5.74) is 12.2.